The number of hydrogen-bond donors (Lipinski definition) is 2. The lowest BCUT2D eigenvalue weighted by Crippen LogP contribution is -2.35. The summed E-state index contributed by atoms with van der Waals surface area (Å²) in [6.07, 6.45) is 3.55. The van der Waals surface area contributed by atoms with Crippen molar-refractivity contribution < 1.29 is 4.79 Å². The Bertz CT molecular complexity index is 930. The van der Waals surface area contributed by atoms with Gasteiger partial charge in [0.05, 0.1) is 5.54 Å². The molecule has 0 aliphatic heterocycles. The molecule has 1 fully saturated rings. The molecule has 1 aromatic heterocycles. The van der Waals surface area contributed by atoms with E-state index in [2.05, 4.69) is 22.4 Å². The summed E-state index contributed by atoms with van der Waals surface area (Å²) < 4.78 is 0. The summed E-state index contributed by atoms with van der Waals surface area (Å²) in [7, 11) is 0. The zero-order valence-electron chi connectivity index (χ0n) is 13.5. The van der Waals surface area contributed by atoms with E-state index in [1.807, 2.05) is 43.3 Å². The number of aryl methyl sites for hydroxylation is 1. The SMILES string of the molecule is Cc1cc(N)c2ccnc(C(=O)NC3(c4ccccc4)CC3)c2c1. The zero-order valence-corrected chi connectivity index (χ0v) is 13.5. The van der Waals surface area contributed by atoms with Crippen molar-refractivity contribution in [3.05, 3.63) is 71.5 Å². The molecule has 1 heterocycles. The van der Waals surface area contributed by atoms with Gasteiger partial charge in [-0.05, 0) is 49.1 Å². The van der Waals surface area contributed by atoms with E-state index in [1.165, 1.54) is 0 Å². The highest BCUT2D eigenvalue weighted by Crippen LogP contribution is 2.45. The van der Waals surface area contributed by atoms with E-state index in [9.17, 15) is 4.79 Å². The third-order valence-electron chi connectivity index (χ3n) is 4.70. The van der Waals surface area contributed by atoms with Crippen LogP contribution >= 0.6 is 0 Å². The van der Waals surface area contributed by atoms with Crippen LogP contribution in [0.25, 0.3) is 10.8 Å². The van der Waals surface area contributed by atoms with Crippen molar-refractivity contribution in [2.75, 3.05) is 5.73 Å². The van der Waals surface area contributed by atoms with Crippen LogP contribution < -0.4 is 11.1 Å². The summed E-state index contributed by atoms with van der Waals surface area (Å²) in [6.45, 7) is 1.97. The Morgan fingerprint density at radius 2 is 1.88 bits per heavy atom. The van der Waals surface area contributed by atoms with E-state index in [4.69, 9.17) is 5.73 Å². The molecule has 2 aromatic carbocycles. The van der Waals surface area contributed by atoms with E-state index < -0.39 is 0 Å². The first kappa shape index (κ1) is 14.7. The Hall–Kier alpha value is -2.88. The van der Waals surface area contributed by atoms with Crippen LogP contribution in [0.3, 0.4) is 0 Å². The fourth-order valence-corrected chi connectivity index (χ4v) is 3.29. The molecule has 3 aromatic rings. The molecule has 3 N–H and O–H groups in total. The van der Waals surface area contributed by atoms with Crippen LogP contribution in [-0.4, -0.2) is 10.9 Å². The second kappa shape index (κ2) is 5.34. The molecule has 4 heteroatoms. The lowest BCUT2D eigenvalue weighted by atomic mass is 10.0. The summed E-state index contributed by atoms with van der Waals surface area (Å²) in [4.78, 5) is 17.2. The lowest BCUT2D eigenvalue weighted by Gasteiger charge is -2.18. The molecule has 0 bridgehead atoms. The van der Waals surface area contributed by atoms with Crippen molar-refractivity contribution in [1.29, 1.82) is 0 Å². The van der Waals surface area contributed by atoms with Gasteiger partial charge in [-0.25, -0.2) is 0 Å². The Morgan fingerprint density at radius 1 is 1.12 bits per heavy atom. The smallest absolute Gasteiger partial charge is 0.271 e. The van der Waals surface area contributed by atoms with Crippen molar-refractivity contribution >= 4 is 22.4 Å². The maximum absolute atomic E-state index is 12.9. The summed E-state index contributed by atoms with van der Waals surface area (Å²) in [5.41, 5.74) is 9.12. The van der Waals surface area contributed by atoms with Crippen molar-refractivity contribution in [3.8, 4) is 0 Å². The second-order valence-electron chi connectivity index (χ2n) is 6.51. The van der Waals surface area contributed by atoms with E-state index in [0.29, 0.717) is 11.4 Å². The fraction of sp³-hybridized carbons (Fsp3) is 0.200. The van der Waals surface area contributed by atoms with Crippen LogP contribution in [0.2, 0.25) is 0 Å². The Kier molecular flexibility index (Phi) is 3.27. The predicted octanol–water partition coefficient (Wildman–Crippen LogP) is 3.54. The highest BCUT2D eigenvalue weighted by molar-refractivity contribution is 6.08. The number of fused-ring (bicyclic) bond motifs is 1. The molecule has 1 saturated carbocycles. The number of benzene rings is 2. The molecule has 0 unspecified atom stereocenters. The standard InChI is InChI=1S/C20H19N3O/c1-13-11-16-15(17(21)12-13)7-10-22-18(16)19(24)23-20(8-9-20)14-5-3-2-4-6-14/h2-7,10-12H,8-9,21H2,1H3,(H,23,24). The average Bonchev–Trinajstić information content (AvgIpc) is 3.36. The Balaban J connectivity index is 1.72. The van der Waals surface area contributed by atoms with Gasteiger partial charge in [-0.3, -0.25) is 9.78 Å². The maximum atomic E-state index is 12.9. The molecular formula is C20H19N3O. The first-order valence-corrected chi connectivity index (χ1v) is 8.12. The van der Waals surface area contributed by atoms with Gasteiger partial charge in [0.15, 0.2) is 0 Å². The van der Waals surface area contributed by atoms with E-state index >= 15 is 0 Å². The zero-order chi connectivity index (χ0) is 16.7. The second-order valence-corrected chi connectivity index (χ2v) is 6.51. The van der Waals surface area contributed by atoms with Crippen molar-refractivity contribution in [3.63, 3.8) is 0 Å². The number of nitrogen functional groups attached to an aromatic ring is 1. The number of nitrogens with two attached hydrogens (primary N) is 1. The summed E-state index contributed by atoms with van der Waals surface area (Å²) in [5.74, 6) is -0.146. The molecule has 0 radical (unpaired) electrons. The number of carbonyl (C=O) groups excluding carboxylic acids is 1. The summed E-state index contributed by atoms with van der Waals surface area (Å²) in [5, 5.41) is 4.86. The van der Waals surface area contributed by atoms with Crippen LogP contribution in [0, 0.1) is 6.92 Å². The van der Waals surface area contributed by atoms with Crippen LogP contribution in [0.1, 0.15) is 34.5 Å². The van der Waals surface area contributed by atoms with E-state index in [-0.39, 0.29) is 11.4 Å². The normalized spacial score (nSPS) is 15.2. The fourth-order valence-electron chi connectivity index (χ4n) is 3.29. The molecule has 1 amide bonds. The number of nitrogens with one attached hydrogen (secondary N) is 1. The number of pyridine rings is 1. The highest BCUT2D eigenvalue weighted by atomic mass is 16.2. The maximum Gasteiger partial charge on any atom is 0.271 e. The number of carbonyl (C=O) groups is 1. The van der Waals surface area contributed by atoms with Gasteiger partial charge in [-0.15, -0.1) is 0 Å². The lowest BCUT2D eigenvalue weighted by molar-refractivity contribution is 0.0927. The molecule has 1 aliphatic carbocycles. The van der Waals surface area contributed by atoms with Gasteiger partial charge in [-0.1, -0.05) is 30.3 Å². The largest absolute Gasteiger partial charge is 0.398 e. The van der Waals surface area contributed by atoms with Crippen LogP contribution in [0.4, 0.5) is 5.69 Å². The van der Waals surface area contributed by atoms with Gasteiger partial charge < -0.3 is 11.1 Å². The van der Waals surface area contributed by atoms with Gasteiger partial charge in [-0.2, -0.15) is 0 Å². The van der Waals surface area contributed by atoms with Gasteiger partial charge >= 0.3 is 0 Å². The first-order chi connectivity index (χ1) is 11.6. The van der Waals surface area contributed by atoms with Gasteiger partial charge in [0, 0.05) is 22.7 Å². The molecule has 0 saturated heterocycles. The molecule has 0 atom stereocenters. The molecule has 120 valence electrons. The van der Waals surface area contributed by atoms with Crippen molar-refractivity contribution in [1.82, 2.24) is 10.3 Å². The Labute approximate surface area is 140 Å². The number of hydrogen-bond acceptors (Lipinski definition) is 3. The first-order valence-electron chi connectivity index (χ1n) is 8.12. The number of amides is 1. The molecule has 1 aliphatic rings. The van der Waals surface area contributed by atoms with Crippen LogP contribution in [0.15, 0.2) is 54.7 Å². The average molecular weight is 317 g/mol. The summed E-state index contributed by atoms with van der Waals surface area (Å²) in [6, 6.07) is 15.8. The minimum absolute atomic E-state index is 0.146. The number of rotatable bonds is 3. The van der Waals surface area contributed by atoms with Gasteiger partial charge in [0.2, 0.25) is 0 Å². The minimum Gasteiger partial charge on any atom is -0.398 e. The number of aromatic nitrogens is 1. The molecule has 24 heavy (non-hydrogen) atoms. The quantitative estimate of drug-likeness (QED) is 0.726. The van der Waals surface area contributed by atoms with Gasteiger partial charge in [0.25, 0.3) is 5.91 Å². The minimum atomic E-state index is -0.252. The van der Waals surface area contributed by atoms with Crippen LogP contribution in [-0.2, 0) is 5.54 Å². The molecule has 4 rings (SSSR count). The highest BCUT2D eigenvalue weighted by Gasteiger charge is 2.45. The molecular weight excluding hydrogens is 298 g/mol. The topological polar surface area (TPSA) is 68.0 Å². The van der Waals surface area contributed by atoms with Crippen molar-refractivity contribution in [2.24, 2.45) is 0 Å². The van der Waals surface area contributed by atoms with Gasteiger partial charge in [0.1, 0.15) is 5.69 Å². The monoisotopic (exact) mass is 317 g/mol. The predicted molar refractivity (Wildman–Crippen MR) is 95.7 cm³/mol. The van der Waals surface area contributed by atoms with E-state index in [0.717, 1.165) is 34.7 Å². The third kappa shape index (κ3) is 2.40. The molecule has 4 nitrogen and oxygen atoms in total. The van der Waals surface area contributed by atoms with Crippen LogP contribution in [0.5, 0.6) is 0 Å². The third-order valence-corrected chi connectivity index (χ3v) is 4.70. The van der Waals surface area contributed by atoms with Crippen molar-refractivity contribution in [2.45, 2.75) is 25.3 Å². The number of nitrogens with zero attached hydrogens (tertiary/aromatic N) is 1. The Morgan fingerprint density at radius 3 is 2.58 bits per heavy atom. The molecule has 0 spiro atoms. The number of anilines is 1. The summed E-state index contributed by atoms with van der Waals surface area (Å²) >= 11 is 0. The van der Waals surface area contributed by atoms with E-state index in [1.54, 1.807) is 6.20 Å².